The Morgan fingerprint density at radius 3 is 2.46 bits per heavy atom. The third-order valence-electron chi connectivity index (χ3n) is 3.54. The van der Waals surface area contributed by atoms with Crippen molar-refractivity contribution in [1.29, 1.82) is 0 Å². The Morgan fingerprint density at radius 2 is 1.83 bits per heavy atom. The zero-order chi connectivity index (χ0) is 17.7. The number of carbonyl (C=O) groups excluding carboxylic acids is 1. The van der Waals surface area contributed by atoms with Crippen LogP contribution in [0.2, 0.25) is 0 Å². The van der Waals surface area contributed by atoms with Crippen molar-refractivity contribution < 1.29 is 14.8 Å². The van der Waals surface area contributed by atoms with Crippen molar-refractivity contribution in [3.05, 3.63) is 46.8 Å². The smallest absolute Gasteiger partial charge is 0.311 e. The Hall–Kier alpha value is -3.23. The van der Waals surface area contributed by atoms with E-state index in [9.17, 15) is 20.0 Å². The minimum atomic E-state index is -0.562. The molecule has 24 heavy (non-hydrogen) atoms. The van der Waals surface area contributed by atoms with Crippen LogP contribution in [-0.2, 0) is 4.79 Å². The van der Waals surface area contributed by atoms with E-state index in [1.807, 2.05) is 0 Å². The summed E-state index contributed by atoms with van der Waals surface area (Å²) in [7, 11) is 0. The van der Waals surface area contributed by atoms with E-state index in [-0.39, 0.29) is 29.0 Å². The summed E-state index contributed by atoms with van der Waals surface area (Å²) in [4.78, 5) is 30.5. The molecular weight excluding hydrogens is 314 g/mol. The molecule has 2 aromatic rings. The van der Waals surface area contributed by atoms with Gasteiger partial charge < -0.3 is 15.7 Å². The molecule has 9 nitrogen and oxygen atoms in total. The average molecular weight is 331 g/mol. The second kappa shape index (κ2) is 7.36. The van der Waals surface area contributed by atoms with Gasteiger partial charge in [0.25, 0.3) is 0 Å². The maximum atomic E-state index is 12.3. The summed E-state index contributed by atoms with van der Waals surface area (Å²) >= 11 is 0. The molecule has 0 saturated carbocycles. The van der Waals surface area contributed by atoms with Gasteiger partial charge in [0.15, 0.2) is 11.6 Å². The van der Waals surface area contributed by atoms with Crippen molar-refractivity contribution in [1.82, 2.24) is 9.97 Å². The molecule has 2 aromatic heterocycles. The first-order chi connectivity index (χ1) is 11.4. The zero-order valence-electron chi connectivity index (χ0n) is 13.1. The van der Waals surface area contributed by atoms with Crippen LogP contribution in [0.3, 0.4) is 0 Å². The van der Waals surface area contributed by atoms with E-state index in [0.717, 1.165) is 0 Å². The van der Waals surface area contributed by atoms with Crippen molar-refractivity contribution >= 4 is 23.2 Å². The van der Waals surface area contributed by atoms with Gasteiger partial charge in [0.2, 0.25) is 11.7 Å². The number of amides is 1. The third kappa shape index (κ3) is 3.94. The fourth-order valence-electron chi connectivity index (χ4n) is 1.95. The molecule has 0 radical (unpaired) electrons. The van der Waals surface area contributed by atoms with Crippen molar-refractivity contribution in [3.63, 3.8) is 0 Å². The van der Waals surface area contributed by atoms with Crippen molar-refractivity contribution in [3.8, 4) is 5.75 Å². The van der Waals surface area contributed by atoms with Gasteiger partial charge in [-0.1, -0.05) is 6.92 Å². The number of nitrogens with zero attached hydrogens (tertiary/aromatic N) is 3. The molecule has 0 aliphatic carbocycles. The molecule has 2 heterocycles. The third-order valence-corrected chi connectivity index (χ3v) is 3.54. The number of hydrogen-bond acceptors (Lipinski definition) is 7. The average Bonchev–Trinajstić information content (AvgIpc) is 2.56. The van der Waals surface area contributed by atoms with E-state index in [2.05, 4.69) is 20.6 Å². The molecule has 0 aromatic carbocycles. The van der Waals surface area contributed by atoms with Crippen molar-refractivity contribution in [2.75, 3.05) is 10.6 Å². The maximum absolute atomic E-state index is 12.3. The monoisotopic (exact) mass is 331 g/mol. The summed E-state index contributed by atoms with van der Waals surface area (Å²) < 4.78 is 0. The SMILES string of the molecule is CC(Nc1ncccc1[N+](=O)[O-])C(C)C(=O)Nc1ncccc1O. The lowest BCUT2D eigenvalue weighted by atomic mass is 10.0. The van der Waals surface area contributed by atoms with Gasteiger partial charge in [-0.15, -0.1) is 0 Å². The number of aromatic hydroxyl groups is 1. The molecule has 0 bridgehead atoms. The number of aromatic nitrogens is 2. The minimum absolute atomic E-state index is 0.0605. The van der Waals surface area contributed by atoms with Gasteiger partial charge >= 0.3 is 5.69 Å². The topological polar surface area (TPSA) is 130 Å². The van der Waals surface area contributed by atoms with Gasteiger partial charge in [-0.25, -0.2) is 9.97 Å². The van der Waals surface area contributed by atoms with Crippen LogP contribution >= 0.6 is 0 Å². The first-order valence-electron chi connectivity index (χ1n) is 7.21. The van der Waals surface area contributed by atoms with Gasteiger partial charge in [0.05, 0.1) is 10.8 Å². The van der Waals surface area contributed by atoms with Crippen LogP contribution in [0.4, 0.5) is 17.3 Å². The van der Waals surface area contributed by atoms with E-state index in [0.29, 0.717) is 0 Å². The van der Waals surface area contributed by atoms with E-state index >= 15 is 0 Å². The lowest BCUT2D eigenvalue weighted by Crippen LogP contribution is -2.34. The van der Waals surface area contributed by atoms with Crippen molar-refractivity contribution in [2.24, 2.45) is 5.92 Å². The molecular formula is C15H17N5O4. The van der Waals surface area contributed by atoms with Crippen LogP contribution in [-0.4, -0.2) is 31.9 Å². The molecule has 0 fully saturated rings. The highest BCUT2D eigenvalue weighted by Crippen LogP contribution is 2.24. The summed E-state index contributed by atoms with van der Waals surface area (Å²) in [6, 6.07) is 5.31. The molecule has 0 spiro atoms. The van der Waals surface area contributed by atoms with Crippen LogP contribution in [0, 0.1) is 16.0 Å². The van der Waals surface area contributed by atoms with Crippen molar-refractivity contribution in [2.45, 2.75) is 19.9 Å². The summed E-state index contributed by atoms with van der Waals surface area (Å²) in [6.45, 7) is 3.36. The number of carbonyl (C=O) groups is 1. The number of pyridine rings is 2. The highest BCUT2D eigenvalue weighted by Gasteiger charge is 2.24. The predicted molar refractivity (Wildman–Crippen MR) is 87.7 cm³/mol. The highest BCUT2D eigenvalue weighted by molar-refractivity contribution is 5.93. The summed E-state index contributed by atoms with van der Waals surface area (Å²) in [6.07, 6.45) is 2.87. The van der Waals surface area contributed by atoms with E-state index in [1.165, 1.54) is 30.6 Å². The van der Waals surface area contributed by atoms with Gasteiger partial charge in [-0.2, -0.15) is 0 Å². The van der Waals surface area contributed by atoms with Gasteiger partial charge in [-0.05, 0) is 25.1 Å². The largest absolute Gasteiger partial charge is 0.504 e. The molecule has 0 aliphatic rings. The Labute approximate surface area is 137 Å². The minimum Gasteiger partial charge on any atom is -0.504 e. The summed E-state index contributed by atoms with van der Waals surface area (Å²) in [5.74, 6) is -0.935. The Bertz CT molecular complexity index is 752. The van der Waals surface area contributed by atoms with E-state index < -0.39 is 16.9 Å². The number of nitrogens with one attached hydrogen (secondary N) is 2. The maximum Gasteiger partial charge on any atom is 0.311 e. The predicted octanol–water partition coefficient (Wildman–Crippen LogP) is 2.17. The second-order valence-electron chi connectivity index (χ2n) is 5.21. The Morgan fingerprint density at radius 1 is 1.21 bits per heavy atom. The van der Waals surface area contributed by atoms with Crippen LogP contribution in [0.25, 0.3) is 0 Å². The highest BCUT2D eigenvalue weighted by atomic mass is 16.6. The first-order valence-corrected chi connectivity index (χ1v) is 7.21. The van der Waals surface area contributed by atoms with E-state index in [1.54, 1.807) is 19.9 Å². The van der Waals surface area contributed by atoms with Gasteiger partial charge in [0.1, 0.15) is 0 Å². The summed E-state index contributed by atoms with van der Waals surface area (Å²) in [5, 5.41) is 26.0. The first kappa shape index (κ1) is 17.1. The molecule has 2 rings (SSSR count). The normalized spacial score (nSPS) is 12.9. The molecule has 2 unspecified atom stereocenters. The summed E-state index contributed by atoms with van der Waals surface area (Å²) in [5.41, 5.74) is -0.167. The fourth-order valence-corrected chi connectivity index (χ4v) is 1.95. The van der Waals surface area contributed by atoms with Crippen LogP contribution in [0.5, 0.6) is 5.75 Å². The van der Waals surface area contributed by atoms with Gasteiger partial charge in [-0.3, -0.25) is 14.9 Å². The Kier molecular flexibility index (Phi) is 5.25. The van der Waals surface area contributed by atoms with Gasteiger partial charge in [0, 0.05) is 24.5 Å². The molecule has 9 heteroatoms. The van der Waals surface area contributed by atoms with Crippen LogP contribution < -0.4 is 10.6 Å². The zero-order valence-corrected chi connectivity index (χ0v) is 13.1. The molecule has 1 amide bonds. The number of hydrogen-bond donors (Lipinski definition) is 3. The second-order valence-corrected chi connectivity index (χ2v) is 5.21. The molecule has 2 atom stereocenters. The number of rotatable bonds is 6. The molecule has 0 saturated heterocycles. The van der Waals surface area contributed by atoms with E-state index in [4.69, 9.17) is 0 Å². The lowest BCUT2D eigenvalue weighted by Gasteiger charge is -2.21. The molecule has 0 aliphatic heterocycles. The quantitative estimate of drug-likeness (QED) is 0.546. The van der Waals surface area contributed by atoms with Crippen LogP contribution in [0.1, 0.15) is 13.8 Å². The standard InChI is InChI=1S/C15H17N5O4/c1-9(15(22)19-14-12(21)6-4-8-17-14)10(2)18-13-11(20(23)24)5-3-7-16-13/h3-10,21H,1-2H3,(H,16,18)(H,17,19,22). The Balaban J connectivity index is 2.07. The lowest BCUT2D eigenvalue weighted by molar-refractivity contribution is -0.384. The fraction of sp³-hybridized carbons (Fsp3) is 0.267. The molecule has 3 N–H and O–H groups in total. The molecule has 126 valence electrons. The number of nitro groups is 1. The number of anilines is 2. The van der Waals surface area contributed by atoms with Crippen LogP contribution in [0.15, 0.2) is 36.7 Å².